The number of hydrogen-bond donors (Lipinski definition) is 1. The Kier molecular flexibility index (Phi) is 5.50. The van der Waals surface area contributed by atoms with Crippen LogP contribution in [0, 0.1) is 6.92 Å². The lowest BCUT2D eigenvalue weighted by Gasteiger charge is -2.19. The first-order valence-electron chi connectivity index (χ1n) is 6.95. The summed E-state index contributed by atoms with van der Waals surface area (Å²) in [4.78, 5) is 8.42. The SMILES string of the molecule is CCCNC(Cc1ccncc1Cl)c1ccc(C)nc1. The van der Waals surface area contributed by atoms with Crippen LogP contribution in [0.2, 0.25) is 5.02 Å². The summed E-state index contributed by atoms with van der Waals surface area (Å²) in [6.45, 7) is 5.14. The maximum atomic E-state index is 6.21. The summed E-state index contributed by atoms with van der Waals surface area (Å²) in [7, 11) is 0. The molecule has 2 aromatic rings. The molecule has 2 aromatic heterocycles. The van der Waals surface area contributed by atoms with Gasteiger partial charge in [0.15, 0.2) is 0 Å². The van der Waals surface area contributed by atoms with Gasteiger partial charge >= 0.3 is 0 Å². The van der Waals surface area contributed by atoms with Gasteiger partial charge in [-0.2, -0.15) is 0 Å². The average molecular weight is 290 g/mol. The van der Waals surface area contributed by atoms with Crippen molar-refractivity contribution in [3.05, 3.63) is 58.6 Å². The van der Waals surface area contributed by atoms with Crippen LogP contribution in [-0.4, -0.2) is 16.5 Å². The maximum Gasteiger partial charge on any atom is 0.0622 e. The molecule has 106 valence electrons. The predicted molar refractivity (Wildman–Crippen MR) is 83.0 cm³/mol. The van der Waals surface area contributed by atoms with Crippen LogP contribution in [-0.2, 0) is 6.42 Å². The molecule has 2 heterocycles. The van der Waals surface area contributed by atoms with Crippen LogP contribution in [0.3, 0.4) is 0 Å². The lowest BCUT2D eigenvalue weighted by molar-refractivity contribution is 0.527. The molecule has 20 heavy (non-hydrogen) atoms. The molecule has 0 aliphatic heterocycles. The van der Waals surface area contributed by atoms with E-state index in [-0.39, 0.29) is 6.04 Å². The number of hydrogen-bond acceptors (Lipinski definition) is 3. The first kappa shape index (κ1) is 14.9. The molecule has 0 aliphatic rings. The fraction of sp³-hybridized carbons (Fsp3) is 0.375. The van der Waals surface area contributed by atoms with Crippen molar-refractivity contribution in [3.8, 4) is 0 Å². The third-order valence-corrected chi connectivity index (χ3v) is 3.60. The largest absolute Gasteiger partial charge is 0.310 e. The number of aryl methyl sites for hydroxylation is 1. The Balaban J connectivity index is 2.19. The van der Waals surface area contributed by atoms with E-state index in [4.69, 9.17) is 11.6 Å². The van der Waals surface area contributed by atoms with Gasteiger partial charge in [0.25, 0.3) is 0 Å². The Hall–Kier alpha value is -1.45. The van der Waals surface area contributed by atoms with Crippen LogP contribution in [0.5, 0.6) is 0 Å². The van der Waals surface area contributed by atoms with Gasteiger partial charge in [0, 0.05) is 30.3 Å². The Labute approximate surface area is 125 Å². The van der Waals surface area contributed by atoms with E-state index >= 15 is 0 Å². The Morgan fingerprint density at radius 3 is 2.75 bits per heavy atom. The molecule has 0 amide bonds. The summed E-state index contributed by atoms with van der Waals surface area (Å²) >= 11 is 6.21. The van der Waals surface area contributed by atoms with Crippen molar-refractivity contribution < 1.29 is 0 Å². The van der Waals surface area contributed by atoms with Gasteiger partial charge in [-0.05, 0) is 49.6 Å². The lowest BCUT2D eigenvalue weighted by atomic mass is 10.0. The molecule has 0 saturated carbocycles. The molecule has 1 unspecified atom stereocenters. The highest BCUT2D eigenvalue weighted by atomic mass is 35.5. The summed E-state index contributed by atoms with van der Waals surface area (Å²) in [5, 5.41) is 4.28. The second-order valence-electron chi connectivity index (χ2n) is 4.91. The van der Waals surface area contributed by atoms with Crippen molar-refractivity contribution in [1.29, 1.82) is 0 Å². The standard InChI is InChI=1S/C16H20ClN3/c1-3-7-19-16(14-5-4-12(2)20-10-14)9-13-6-8-18-11-15(13)17/h4-6,8,10-11,16,19H,3,7,9H2,1-2H3. The van der Waals surface area contributed by atoms with Gasteiger partial charge in [-0.1, -0.05) is 24.6 Å². The monoisotopic (exact) mass is 289 g/mol. The molecule has 0 radical (unpaired) electrons. The molecule has 2 rings (SSSR count). The van der Waals surface area contributed by atoms with Crippen molar-refractivity contribution in [1.82, 2.24) is 15.3 Å². The summed E-state index contributed by atoms with van der Waals surface area (Å²) in [5.41, 5.74) is 3.33. The minimum absolute atomic E-state index is 0.225. The lowest BCUT2D eigenvalue weighted by Crippen LogP contribution is -2.24. The highest BCUT2D eigenvalue weighted by Crippen LogP contribution is 2.22. The van der Waals surface area contributed by atoms with Crippen LogP contribution in [0.25, 0.3) is 0 Å². The third kappa shape index (κ3) is 4.02. The topological polar surface area (TPSA) is 37.8 Å². The number of aromatic nitrogens is 2. The third-order valence-electron chi connectivity index (χ3n) is 3.26. The number of nitrogens with zero attached hydrogens (tertiary/aromatic N) is 2. The molecule has 4 heteroatoms. The van der Waals surface area contributed by atoms with Gasteiger partial charge < -0.3 is 5.32 Å². The Morgan fingerprint density at radius 2 is 2.10 bits per heavy atom. The van der Waals surface area contributed by atoms with Crippen molar-refractivity contribution >= 4 is 11.6 Å². The molecule has 1 N–H and O–H groups in total. The van der Waals surface area contributed by atoms with E-state index in [0.29, 0.717) is 0 Å². The second-order valence-corrected chi connectivity index (χ2v) is 5.32. The van der Waals surface area contributed by atoms with E-state index in [9.17, 15) is 0 Å². The van der Waals surface area contributed by atoms with Gasteiger partial charge in [0.2, 0.25) is 0 Å². The zero-order valence-corrected chi connectivity index (χ0v) is 12.7. The van der Waals surface area contributed by atoms with Gasteiger partial charge in [0.1, 0.15) is 0 Å². The van der Waals surface area contributed by atoms with Crippen LogP contribution in [0.15, 0.2) is 36.8 Å². The maximum absolute atomic E-state index is 6.21. The van der Waals surface area contributed by atoms with E-state index in [2.05, 4.69) is 28.3 Å². The highest BCUT2D eigenvalue weighted by Gasteiger charge is 2.13. The fourth-order valence-corrected chi connectivity index (χ4v) is 2.30. The first-order valence-corrected chi connectivity index (χ1v) is 7.33. The van der Waals surface area contributed by atoms with E-state index in [1.165, 1.54) is 5.56 Å². The van der Waals surface area contributed by atoms with E-state index < -0.39 is 0 Å². The molecule has 0 aliphatic carbocycles. The molecule has 0 aromatic carbocycles. The zero-order chi connectivity index (χ0) is 14.4. The van der Waals surface area contributed by atoms with Gasteiger partial charge in [0.05, 0.1) is 5.02 Å². The van der Waals surface area contributed by atoms with Crippen molar-refractivity contribution in [2.24, 2.45) is 0 Å². The summed E-state index contributed by atoms with van der Waals surface area (Å²) in [6, 6.07) is 6.38. The Morgan fingerprint density at radius 1 is 1.25 bits per heavy atom. The van der Waals surface area contributed by atoms with E-state index in [1.807, 2.05) is 25.3 Å². The van der Waals surface area contributed by atoms with Crippen molar-refractivity contribution in [3.63, 3.8) is 0 Å². The molecule has 0 fully saturated rings. The molecule has 3 nitrogen and oxygen atoms in total. The van der Waals surface area contributed by atoms with Gasteiger partial charge in [-0.25, -0.2) is 0 Å². The minimum atomic E-state index is 0.225. The average Bonchev–Trinajstić information content (AvgIpc) is 2.46. The van der Waals surface area contributed by atoms with Crippen LogP contribution >= 0.6 is 11.6 Å². The van der Waals surface area contributed by atoms with Crippen molar-refractivity contribution in [2.45, 2.75) is 32.7 Å². The minimum Gasteiger partial charge on any atom is -0.310 e. The molecule has 1 atom stereocenters. The Bertz CT molecular complexity index is 540. The fourth-order valence-electron chi connectivity index (χ4n) is 2.10. The van der Waals surface area contributed by atoms with Gasteiger partial charge in [-0.3, -0.25) is 9.97 Å². The first-order chi connectivity index (χ1) is 9.70. The second kappa shape index (κ2) is 7.36. The molecule has 0 bridgehead atoms. The smallest absolute Gasteiger partial charge is 0.0622 e. The molecule has 0 saturated heterocycles. The number of nitrogens with one attached hydrogen (secondary N) is 1. The van der Waals surface area contributed by atoms with Crippen LogP contribution in [0.4, 0.5) is 0 Å². The predicted octanol–water partition coefficient (Wildman–Crippen LogP) is 3.72. The van der Waals surface area contributed by atoms with Crippen LogP contribution in [0.1, 0.15) is 36.2 Å². The quantitative estimate of drug-likeness (QED) is 0.881. The summed E-state index contributed by atoms with van der Waals surface area (Å²) in [5.74, 6) is 0. The molecular formula is C16H20ClN3. The normalized spacial score (nSPS) is 12.3. The highest BCUT2D eigenvalue weighted by molar-refractivity contribution is 6.31. The molecular weight excluding hydrogens is 270 g/mol. The number of halogens is 1. The molecule has 0 spiro atoms. The van der Waals surface area contributed by atoms with Crippen molar-refractivity contribution in [2.75, 3.05) is 6.54 Å². The number of pyridine rings is 2. The summed E-state index contributed by atoms with van der Waals surface area (Å²) < 4.78 is 0. The van der Waals surface area contributed by atoms with E-state index in [0.717, 1.165) is 35.7 Å². The van der Waals surface area contributed by atoms with Gasteiger partial charge in [-0.15, -0.1) is 0 Å². The number of rotatable bonds is 6. The zero-order valence-electron chi connectivity index (χ0n) is 11.9. The summed E-state index contributed by atoms with van der Waals surface area (Å²) in [6.07, 6.45) is 7.36. The van der Waals surface area contributed by atoms with Crippen LogP contribution < -0.4 is 5.32 Å². The van der Waals surface area contributed by atoms with E-state index in [1.54, 1.807) is 12.4 Å².